The Morgan fingerprint density at radius 2 is 0.837 bits per heavy atom. The number of anilines is 1. The lowest BCUT2D eigenvalue weighted by atomic mass is 9.76. The molecule has 0 radical (unpaired) electrons. The Bertz CT molecular complexity index is 3520. The molecule has 0 bridgehead atoms. The number of fused-ring (bicyclic) bond motifs is 2. The molecule has 30 nitrogen and oxygen atoms in total. The molecule has 135 heavy (non-hydrogen) atoms. The number of Topliss-reactive ketones (excluding diaryl/α,β-unsaturated/α-hetero) is 1. The summed E-state index contributed by atoms with van der Waals surface area (Å²) in [6, 6.07) is 21.1. The van der Waals surface area contributed by atoms with Gasteiger partial charge >= 0.3 is 29.9 Å². The summed E-state index contributed by atoms with van der Waals surface area (Å²) in [6.45, 7) is 76.8. The molecule has 11 aliphatic rings. The normalized spacial score (nSPS) is 21.5. The van der Waals surface area contributed by atoms with Gasteiger partial charge in [-0.3, -0.25) is 63.6 Å². The molecule has 9 saturated heterocycles. The molecule has 10 N–H and O–H groups in total. The van der Waals surface area contributed by atoms with Gasteiger partial charge < -0.3 is 76.2 Å². The third kappa shape index (κ3) is 43.2. The van der Waals surface area contributed by atoms with Gasteiger partial charge in [0.05, 0.1) is 31.7 Å². The number of benzene rings is 2. The van der Waals surface area contributed by atoms with E-state index in [9.17, 15) is 43.5 Å². The molecular formula is C105H191N17O13. The maximum atomic E-state index is 12.0. The number of hydrogen-bond acceptors (Lipinski definition) is 21. The first-order valence-electron chi connectivity index (χ1n) is 51.8. The number of β-amino-alcohol motifs (C(OH)–C–C–N with tert-alkyl or cyclic N) is 1. The standard InChI is InChI=1S/C16H23N.C14H19NO2.C11H23N3O.C10H20N2O.C10H19NO2.C10H19NO.C9H18N2O.C9H17NO2.C8H18N4.C8H15NO3/c1-13(2)17-9-7-16(8-10-17)11-14-5-3-4-6-15(14)12-16;1-4-17-14(16)13-9-11-7-5-6-8-12(11)15(13)10(2)3;1-9(2)12-11(15)14-7-5-13(6-8-14)10(3)4;1-9(2)12-6-4-11(5-7-12)8-10(3)13;1-8(2)9-3-5-11(6-4-9)7-10(12)13;1-8(2)10-4-6-11(7-5-10)9(3)12;1-7(2)11-5-3-8(4-6-11)9(10)12;1-7(2)10-5-3-8(4-6-10)9(11)12;1-7(2)11-3-5-12(6-4-11)8(9)10;1-5(2)9-4-6(10)3-7(9)8(11)12/h3-6,13H,7-12H2,1-2H3;5-8,10,13H,4,9H2,1-3H3;9-10H,5-8H2,1-4H3,(H,12,15);9H,4-8H2,1-3H3;8-9H,3-7H2,1-2H3,(H,12,13);8,10H,4-7H2,1-3H3;7-8H,3-6H2,1-2H3,(H2,10,12);7-8H,3-6H2,1-2H3,(H,11,12);7H,3-6H2,1-2H3,(H3,9,10);5-7,10H,3-4H2,1-2H3,(H,11,12)/t;;;;;;;;;6-,7+/m.........1/s1. The zero-order valence-electron chi connectivity index (χ0n) is 88.7. The third-order valence-corrected chi connectivity index (χ3v) is 29.1. The van der Waals surface area contributed by atoms with E-state index in [2.05, 4.69) is 206 Å². The summed E-state index contributed by atoms with van der Waals surface area (Å²) in [5.74, 6) is 1.49. The molecule has 2 aromatic carbocycles. The minimum atomic E-state index is -0.833. The van der Waals surface area contributed by atoms with Crippen molar-refractivity contribution in [2.75, 3.05) is 175 Å². The highest BCUT2D eigenvalue weighted by molar-refractivity contribution is 5.84. The van der Waals surface area contributed by atoms with E-state index in [1.165, 1.54) is 62.9 Å². The number of piperazine rings is 3. The highest BCUT2D eigenvalue weighted by atomic mass is 16.5. The molecule has 0 saturated carbocycles. The van der Waals surface area contributed by atoms with Gasteiger partial charge in [0.25, 0.3) is 0 Å². The van der Waals surface area contributed by atoms with Gasteiger partial charge in [-0.15, -0.1) is 0 Å². The number of guanidine groups is 1. The van der Waals surface area contributed by atoms with Gasteiger partial charge in [-0.2, -0.15) is 0 Å². The van der Waals surface area contributed by atoms with Gasteiger partial charge in [0, 0.05) is 184 Å². The number of aliphatic hydroxyl groups excluding tert-OH is 1. The summed E-state index contributed by atoms with van der Waals surface area (Å²) >= 11 is 0. The van der Waals surface area contributed by atoms with Crippen LogP contribution in [0.15, 0.2) is 48.5 Å². The van der Waals surface area contributed by atoms with Crippen LogP contribution in [0.3, 0.4) is 0 Å². The van der Waals surface area contributed by atoms with Crippen molar-refractivity contribution in [2.45, 2.75) is 336 Å². The Morgan fingerprint density at radius 1 is 0.444 bits per heavy atom. The quantitative estimate of drug-likeness (QED) is 0.0347. The van der Waals surface area contributed by atoms with Crippen LogP contribution in [0, 0.1) is 46.3 Å². The fraction of sp³-hybridized carbons (Fsp3) is 0.800. The number of nitrogens with two attached hydrogens (primary N) is 2. The van der Waals surface area contributed by atoms with E-state index in [1.807, 2.05) is 71.3 Å². The van der Waals surface area contributed by atoms with Crippen LogP contribution in [0.25, 0.3) is 0 Å². The van der Waals surface area contributed by atoms with Crippen molar-refractivity contribution in [3.05, 3.63) is 65.2 Å². The van der Waals surface area contributed by atoms with E-state index in [0.29, 0.717) is 67.8 Å². The fourth-order valence-corrected chi connectivity index (χ4v) is 20.0. The highest BCUT2D eigenvalue weighted by Gasteiger charge is 2.42. The number of urea groups is 1. The molecule has 1 spiro atoms. The number of hydrogen-bond donors (Lipinski definition) is 8. The predicted octanol–water partition coefficient (Wildman–Crippen LogP) is 12.3. The lowest BCUT2D eigenvalue weighted by Gasteiger charge is -2.41. The average molecular weight is 1900 g/mol. The van der Waals surface area contributed by atoms with Crippen LogP contribution in [-0.4, -0.2) is 375 Å². The smallest absolute Gasteiger partial charge is 0.329 e. The molecule has 13 rings (SSSR count). The highest BCUT2D eigenvalue weighted by Crippen LogP contribution is 2.45. The summed E-state index contributed by atoms with van der Waals surface area (Å²) in [5.41, 5.74) is 16.9. The Hall–Kier alpha value is -7.13. The van der Waals surface area contributed by atoms with Gasteiger partial charge in [0.2, 0.25) is 11.8 Å². The van der Waals surface area contributed by atoms with Crippen LogP contribution < -0.4 is 21.7 Å². The number of nitrogens with one attached hydrogen (secondary N) is 2. The van der Waals surface area contributed by atoms with E-state index >= 15 is 0 Å². The van der Waals surface area contributed by atoms with Crippen LogP contribution in [-0.2, 0) is 57.6 Å². The van der Waals surface area contributed by atoms with Crippen LogP contribution in [0.4, 0.5) is 10.5 Å². The number of nitrogens with zero attached hydrogens (tertiary/aromatic N) is 13. The second kappa shape index (κ2) is 61.4. The Kier molecular flexibility index (Phi) is 54.7. The largest absolute Gasteiger partial charge is 0.481 e. The summed E-state index contributed by atoms with van der Waals surface area (Å²) in [6.07, 6.45) is 14.3. The molecule has 10 heterocycles. The maximum absolute atomic E-state index is 12.0. The summed E-state index contributed by atoms with van der Waals surface area (Å²) < 4.78 is 5.16. The van der Waals surface area contributed by atoms with Gasteiger partial charge in [-0.05, 0) is 320 Å². The van der Waals surface area contributed by atoms with E-state index in [0.717, 1.165) is 206 Å². The first-order valence-corrected chi connectivity index (χ1v) is 51.8. The van der Waals surface area contributed by atoms with Crippen LogP contribution in [0.5, 0.6) is 0 Å². The first-order chi connectivity index (χ1) is 63.5. The molecule has 10 aliphatic heterocycles. The van der Waals surface area contributed by atoms with Gasteiger partial charge in [0.1, 0.15) is 17.9 Å². The number of para-hydroxylation sites is 1. The lowest BCUT2D eigenvalue weighted by molar-refractivity contribution is -0.145. The van der Waals surface area contributed by atoms with Crippen molar-refractivity contribution in [1.82, 2.24) is 64.1 Å². The second-order valence-electron chi connectivity index (χ2n) is 42.6. The number of aliphatic hydroxyl groups is 1. The Labute approximate surface area is 816 Å². The van der Waals surface area contributed by atoms with E-state index < -0.39 is 30.1 Å². The molecule has 30 heteroatoms. The molecule has 774 valence electrons. The van der Waals surface area contributed by atoms with Crippen molar-refractivity contribution in [1.29, 1.82) is 5.41 Å². The number of primary amides is 1. The zero-order valence-corrected chi connectivity index (χ0v) is 88.7. The first kappa shape index (κ1) is 120. The zero-order chi connectivity index (χ0) is 101. The van der Waals surface area contributed by atoms with Crippen molar-refractivity contribution in [3.8, 4) is 0 Å². The fourth-order valence-electron chi connectivity index (χ4n) is 20.0. The number of ether oxygens (including phenoxy) is 1. The number of esters is 1. The Balaban J connectivity index is 0.000000314. The van der Waals surface area contributed by atoms with E-state index in [-0.39, 0.29) is 72.1 Å². The van der Waals surface area contributed by atoms with Crippen molar-refractivity contribution < 1.29 is 63.5 Å². The second-order valence-corrected chi connectivity index (χ2v) is 42.6. The van der Waals surface area contributed by atoms with Crippen LogP contribution in [0.2, 0.25) is 0 Å². The maximum Gasteiger partial charge on any atom is 0.329 e. The minimum Gasteiger partial charge on any atom is -0.481 e. The minimum absolute atomic E-state index is 0.0772. The number of carbonyl (C=O) groups excluding carboxylic acids is 5. The summed E-state index contributed by atoms with van der Waals surface area (Å²) in [5, 5.41) is 45.6. The molecule has 2 aromatic rings. The van der Waals surface area contributed by atoms with E-state index in [1.54, 1.807) is 25.0 Å². The Morgan fingerprint density at radius 3 is 1.19 bits per heavy atom. The summed E-state index contributed by atoms with van der Waals surface area (Å²) in [4.78, 5) is 117. The van der Waals surface area contributed by atoms with Gasteiger partial charge in [0.15, 0.2) is 5.96 Å². The summed E-state index contributed by atoms with van der Waals surface area (Å²) in [7, 11) is 0. The number of carbonyl (C=O) groups is 8. The third-order valence-electron chi connectivity index (χ3n) is 29.1. The number of carboxylic acid groups (broad SMARTS) is 3. The van der Waals surface area contributed by atoms with Crippen molar-refractivity contribution in [2.24, 2.45) is 52.4 Å². The average Bonchev–Trinajstić information content (AvgIpc) is 1.64. The molecule has 9 fully saturated rings. The number of piperidine rings is 5. The van der Waals surface area contributed by atoms with Crippen molar-refractivity contribution >= 4 is 59.2 Å². The number of aliphatic carboxylic acids is 3. The molecular weight excluding hydrogens is 1710 g/mol. The molecule has 0 aromatic heterocycles. The number of likely N-dealkylation sites (tertiary alicyclic amines) is 6. The predicted molar refractivity (Wildman–Crippen MR) is 547 cm³/mol. The monoisotopic (exact) mass is 1900 g/mol. The topological polar surface area (TPSA) is 357 Å². The lowest BCUT2D eigenvalue weighted by Crippen LogP contribution is -2.54. The van der Waals surface area contributed by atoms with Crippen LogP contribution >= 0.6 is 0 Å². The van der Waals surface area contributed by atoms with Crippen molar-refractivity contribution in [3.63, 3.8) is 0 Å². The molecule has 4 amide bonds. The van der Waals surface area contributed by atoms with Crippen LogP contribution in [0.1, 0.15) is 260 Å². The molecule has 1 unspecified atom stereocenters. The SMILES string of the molecule is CC(=O)CN1CCN(C(C)C)CC1.CC(=O)N1CCC(C(C)C)CC1.CC(C)C1CCN(CC(=O)O)CC1.CC(C)N1CCC(C(=O)O)CC1.CC(C)N1CCC(C(N)=O)CC1.CC(C)N1CCC2(CC1)Cc1ccccc1C2.CC(C)N1CCN(C(=N)N)CC1.CC(C)N1C[C@H](O)C[C@H]1C(=O)O.CC(C)NC(=O)N1CCN(C(C)C)CC1.CCOC(=O)C1Cc2ccccc2N1C(C)C. The van der Waals surface area contributed by atoms with Gasteiger partial charge in [-0.1, -0.05) is 70.2 Å². The number of rotatable bonds is 20. The number of carboxylic acids is 3. The number of amides is 4. The van der Waals surface area contributed by atoms with Gasteiger partial charge in [-0.25, -0.2) is 9.59 Å². The van der Waals surface area contributed by atoms with E-state index in [4.69, 9.17) is 36.9 Å². The molecule has 3 atom stereocenters. The molecule has 1 aliphatic carbocycles. The number of ketones is 1.